The highest BCUT2D eigenvalue weighted by molar-refractivity contribution is 6.33. The summed E-state index contributed by atoms with van der Waals surface area (Å²) in [5, 5.41) is 1.32. The van der Waals surface area contributed by atoms with Crippen LogP contribution in [0.25, 0.3) is 11.3 Å². The van der Waals surface area contributed by atoms with Gasteiger partial charge in [-0.2, -0.15) is 0 Å². The van der Waals surface area contributed by atoms with Gasteiger partial charge in [0.2, 0.25) is 0 Å². The molecule has 0 spiro atoms. The lowest BCUT2D eigenvalue weighted by atomic mass is 10.0. The van der Waals surface area contributed by atoms with Crippen LogP contribution in [0.4, 0.5) is 0 Å². The van der Waals surface area contributed by atoms with Gasteiger partial charge in [-0.3, -0.25) is 0 Å². The lowest BCUT2D eigenvalue weighted by Gasteiger charge is -2.05. The molecule has 0 N–H and O–H groups in total. The molecule has 0 saturated heterocycles. The quantitative estimate of drug-likeness (QED) is 0.542. The maximum atomic E-state index is 6.19. The summed E-state index contributed by atoms with van der Waals surface area (Å²) in [5.41, 5.74) is 3.57. The van der Waals surface area contributed by atoms with Crippen molar-refractivity contribution in [2.45, 2.75) is 19.3 Å². The maximum Gasteiger partial charge on any atom is 0.155 e. The van der Waals surface area contributed by atoms with Crippen LogP contribution in [-0.4, -0.2) is 18.8 Å². The van der Waals surface area contributed by atoms with Gasteiger partial charge in [0.15, 0.2) is 11.3 Å². The monoisotopic (exact) mass is 344 g/mol. The van der Waals surface area contributed by atoms with Gasteiger partial charge >= 0.3 is 0 Å². The zero-order valence-electron chi connectivity index (χ0n) is 12.4. The Hall–Kier alpha value is -2.04. The van der Waals surface area contributed by atoms with E-state index in [1.807, 2.05) is 57.9 Å². The molecular formula is C17H14Cl2N4. The van der Waals surface area contributed by atoms with Crippen molar-refractivity contribution in [1.82, 2.24) is 18.8 Å². The van der Waals surface area contributed by atoms with Gasteiger partial charge in [0.05, 0.1) is 21.4 Å². The first-order chi connectivity index (χ1) is 11.1. The first kappa shape index (κ1) is 14.5. The van der Waals surface area contributed by atoms with Crippen molar-refractivity contribution in [1.29, 1.82) is 0 Å². The number of fused-ring (bicyclic) bond motifs is 2. The number of pyridine rings is 2. The second-order valence-electron chi connectivity index (χ2n) is 5.68. The molecule has 4 heterocycles. The van der Waals surface area contributed by atoms with Crippen LogP contribution in [0.5, 0.6) is 0 Å². The van der Waals surface area contributed by atoms with Gasteiger partial charge in [0.1, 0.15) is 0 Å². The average Bonchev–Trinajstić information content (AvgIpc) is 3.12. The Morgan fingerprint density at radius 3 is 2.17 bits per heavy atom. The molecule has 23 heavy (non-hydrogen) atoms. The highest BCUT2D eigenvalue weighted by Gasteiger charge is 2.14. The van der Waals surface area contributed by atoms with E-state index in [4.69, 9.17) is 23.2 Å². The van der Waals surface area contributed by atoms with E-state index in [9.17, 15) is 0 Å². The summed E-state index contributed by atoms with van der Waals surface area (Å²) in [6.07, 6.45) is 8.73. The Kier molecular flexibility index (Phi) is 3.51. The molecule has 0 aliphatic carbocycles. The number of rotatable bonds is 3. The SMILES string of the molecule is CC(Cc1cn2cccc(Cl)c2n1)c1cn2cccc(Cl)c2n1. The van der Waals surface area contributed by atoms with Gasteiger partial charge in [-0.05, 0) is 30.7 Å². The Morgan fingerprint density at radius 1 is 0.957 bits per heavy atom. The van der Waals surface area contributed by atoms with Crippen LogP contribution in [0.1, 0.15) is 24.2 Å². The molecule has 0 aliphatic rings. The van der Waals surface area contributed by atoms with E-state index in [-0.39, 0.29) is 5.92 Å². The highest BCUT2D eigenvalue weighted by Crippen LogP contribution is 2.24. The molecular weight excluding hydrogens is 331 g/mol. The second kappa shape index (κ2) is 5.55. The topological polar surface area (TPSA) is 34.6 Å². The third-order valence-electron chi connectivity index (χ3n) is 3.96. The Balaban J connectivity index is 1.66. The summed E-state index contributed by atoms with van der Waals surface area (Å²) in [4.78, 5) is 9.27. The highest BCUT2D eigenvalue weighted by atomic mass is 35.5. The average molecular weight is 345 g/mol. The van der Waals surface area contributed by atoms with E-state index in [2.05, 4.69) is 16.9 Å². The van der Waals surface area contributed by atoms with Crippen molar-refractivity contribution in [2.24, 2.45) is 0 Å². The molecule has 4 aromatic heterocycles. The van der Waals surface area contributed by atoms with Crippen LogP contribution in [0.15, 0.2) is 49.1 Å². The van der Waals surface area contributed by atoms with Crippen LogP contribution >= 0.6 is 23.2 Å². The molecule has 6 heteroatoms. The van der Waals surface area contributed by atoms with E-state index < -0.39 is 0 Å². The summed E-state index contributed by atoms with van der Waals surface area (Å²) in [6.45, 7) is 2.14. The van der Waals surface area contributed by atoms with Crippen LogP contribution in [0.2, 0.25) is 10.0 Å². The van der Waals surface area contributed by atoms with Crippen molar-refractivity contribution in [3.05, 3.63) is 70.5 Å². The molecule has 4 rings (SSSR count). The van der Waals surface area contributed by atoms with Crippen molar-refractivity contribution >= 4 is 34.5 Å². The van der Waals surface area contributed by atoms with E-state index in [0.717, 1.165) is 29.1 Å². The molecule has 116 valence electrons. The predicted octanol–water partition coefficient (Wildman–Crippen LogP) is 4.64. The summed E-state index contributed by atoms with van der Waals surface area (Å²) < 4.78 is 3.90. The van der Waals surface area contributed by atoms with Crippen LogP contribution < -0.4 is 0 Å². The van der Waals surface area contributed by atoms with Crippen molar-refractivity contribution < 1.29 is 0 Å². The minimum absolute atomic E-state index is 0.231. The fourth-order valence-corrected chi connectivity index (χ4v) is 3.21. The zero-order valence-corrected chi connectivity index (χ0v) is 14.0. The lowest BCUT2D eigenvalue weighted by molar-refractivity contribution is 0.725. The van der Waals surface area contributed by atoms with Crippen molar-refractivity contribution in [3.63, 3.8) is 0 Å². The minimum Gasteiger partial charge on any atom is -0.306 e. The fourth-order valence-electron chi connectivity index (χ4n) is 2.78. The Labute approximate surface area is 143 Å². The van der Waals surface area contributed by atoms with Crippen molar-refractivity contribution in [2.75, 3.05) is 0 Å². The largest absolute Gasteiger partial charge is 0.306 e. The summed E-state index contributed by atoms with van der Waals surface area (Å²) >= 11 is 12.4. The van der Waals surface area contributed by atoms with Gasteiger partial charge in [-0.1, -0.05) is 30.1 Å². The molecule has 0 amide bonds. The number of nitrogens with zero attached hydrogens (tertiary/aromatic N) is 4. The normalized spacial score (nSPS) is 13.0. The minimum atomic E-state index is 0.231. The molecule has 1 atom stereocenters. The maximum absolute atomic E-state index is 6.19. The number of halogens is 2. The Bertz CT molecular complexity index is 1000. The predicted molar refractivity (Wildman–Crippen MR) is 92.5 cm³/mol. The van der Waals surface area contributed by atoms with Crippen LogP contribution in [0.3, 0.4) is 0 Å². The molecule has 0 saturated carbocycles. The molecule has 1 unspecified atom stereocenters. The van der Waals surface area contributed by atoms with Crippen LogP contribution in [-0.2, 0) is 6.42 Å². The van der Waals surface area contributed by atoms with Gasteiger partial charge in [0, 0.05) is 30.7 Å². The van der Waals surface area contributed by atoms with E-state index >= 15 is 0 Å². The van der Waals surface area contributed by atoms with Gasteiger partial charge in [-0.15, -0.1) is 0 Å². The molecule has 0 radical (unpaired) electrons. The van der Waals surface area contributed by atoms with E-state index in [0.29, 0.717) is 10.0 Å². The molecule has 0 aliphatic heterocycles. The van der Waals surface area contributed by atoms with E-state index in [1.54, 1.807) is 0 Å². The van der Waals surface area contributed by atoms with E-state index in [1.165, 1.54) is 0 Å². The zero-order chi connectivity index (χ0) is 16.0. The first-order valence-corrected chi connectivity index (χ1v) is 8.12. The number of hydrogen-bond acceptors (Lipinski definition) is 2. The second-order valence-corrected chi connectivity index (χ2v) is 6.49. The number of hydrogen-bond donors (Lipinski definition) is 0. The standard InChI is InChI=1S/C17H14Cl2N4/c1-11(15-10-23-7-3-5-14(19)17(23)21-15)8-12-9-22-6-2-4-13(18)16(22)20-12/h2-7,9-11H,8H2,1H3. The smallest absolute Gasteiger partial charge is 0.155 e. The van der Waals surface area contributed by atoms with Crippen molar-refractivity contribution in [3.8, 4) is 0 Å². The Morgan fingerprint density at radius 2 is 1.57 bits per heavy atom. The fraction of sp³-hybridized carbons (Fsp3) is 0.176. The molecule has 0 aromatic carbocycles. The number of aromatic nitrogens is 4. The molecule has 0 bridgehead atoms. The summed E-state index contributed by atoms with van der Waals surface area (Å²) in [7, 11) is 0. The molecule has 4 aromatic rings. The molecule has 4 nitrogen and oxygen atoms in total. The summed E-state index contributed by atoms with van der Waals surface area (Å²) in [5.74, 6) is 0.231. The number of imidazole rings is 2. The lowest BCUT2D eigenvalue weighted by Crippen LogP contribution is -1.99. The third-order valence-corrected chi connectivity index (χ3v) is 4.55. The van der Waals surface area contributed by atoms with Crippen LogP contribution in [0, 0.1) is 0 Å². The van der Waals surface area contributed by atoms with Gasteiger partial charge in [0.25, 0.3) is 0 Å². The van der Waals surface area contributed by atoms with Gasteiger partial charge in [-0.25, -0.2) is 9.97 Å². The summed E-state index contributed by atoms with van der Waals surface area (Å²) in [6, 6.07) is 7.52. The first-order valence-electron chi connectivity index (χ1n) is 7.37. The molecule has 0 fully saturated rings. The van der Waals surface area contributed by atoms with Gasteiger partial charge < -0.3 is 8.80 Å². The third kappa shape index (κ3) is 2.58.